The standard InChI is InChI=1S/C47H38N3OP/c1-33-16-10-13-23-44(33)48-34(2)41-21-11-14-24-45(41)49-35(3)50-46-25-15-12-22-42(46)43-32-37(28-31-47(43)50)36-26-29-40(30-27-36)52(51,38-17-6-4-7-18-38)39-19-8-5-9-20-39/h4-32H,1-3H3. The van der Waals surface area contributed by atoms with Gasteiger partial charge in [-0.15, -0.1) is 0 Å². The molecule has 1 heterocycles. The number of aryl methyl sites for hydroxylation is 1. The first-order chi connectivity index (χ1) is 25.4. The number of aromatic nitrogens is 1. The number of rotatable bonds is 7. The van der Waals surface area contributed by atoms with Crippen molar-refractivity contribution in [3.63, 3.8) is 0 Å². The van der Waals surface area contributed by atoms with Crippen molar-refractivity contribution in [3.8, 4) is 11.1 Å². The van der Waals surface area contributed by atoms with Gasteiger partial charge in [-0.2, -0.15) is 0 Å². The van der Waals surface area contributed by atoms with Crippen molar-refractivity contribution in [1.29, 1.82) is 0 Å². The van der Waals surface area contributed by atoms with E-state index >= 15 is 0 Å². The maximum atomic E-state index is 14.9. The van der Waals surface area contributed by atoms with E-state index < -0.39 is 7.14 Å². The topological polar surface area (TPSA) is 46.7 Å². The van der Waals surface area contributed by atoms with E-state index in [1.165, 1.54) is 0 Å². The molecule has 0 aliphatic carbocycles. The highest BCUT2D eigenvalue weighted by Gasteiger charge is 2.29. The average Bonchev–Trinajstić information content (AvgIpc) is 3.53. The molecule has 252 valence electrons. The third-order valence-corrected chi connectivity index (χ3v) is 12.9. The van der Waals surface area contributed by atoms with Gasteiger partial charge in [0.15, 0.2) is 7.14 Å². The van der Waals surface area contributed by atoms with E-state index in [1.807, 2.05) is 110 Å². The van der Waals surface area contributed by atoms with E-state index in [4.69, 9.17) is 9.98 Å². The lowest BCUT2D eigenvalue weighted by Crippen LogP contribution is -2.24. The molecule has 0 amide bonds. The summed E-state index contributed by atoms with van der Waals surface area (Å²) in [7, 11) is -3.05. The number of benzene rings is 7. The van der Waals surface area contributed by atoms with Crippen LogP contribution in [0.3, 0.4) is 0 Å². The van der Waals surface area contributed by atoms with Crippen LogP contribution in [0.15, 0.2) is 186 Å². The van der Waals surface area contributed by atoms with Crippen molar-refractivity contribution in [3.05, 3.63) is 187 Å². The van der Waals surface area contributed by atoms with E-state index in [0.717, 1.165) is 82.9 Å². The number of fused-ring (bicyclic) bond motifs is 3. The quantitative estimate of drug-likeness (QED) is 0.0932. The summed E-state index contributed by atoms with van der Waals surface area (Å²) in [5, 5.41) is 4.79. The Labute approximate surface area is 304 Å². The van der Waals surface area contributed by atoms with Gasteiger partial charge in [-0.25, -0.2) is 4.99 Å². The van der Waals surface area contributed by atoms with Gasteiger partial charge in [0.1, 0.15) is 5.84 Å². The molecule has 0 N–H and O–H groups in total. The highest BCUT2D eigenvalue weighted by atomic mass is 31.2. The van der Waals surface area contributed by atoms with Crippen LogP contribution in [0, 0.1) is 6.92 Å². The fraction of sp³-hybridized carbons (Fsp3) is 0.0638. The molecule has 0 fully saturated rings. The SMILES string of the molecule is CC(=Nc1ccccc1C)c1ccccc1N=C(C)n1c2ccccc2c2cc(-c3ccc(P(=O)(c4ccccc4)c4ccccc4)cc3)ccc21. The summed E-state index contributed by atoms with van der Waals surface area (Å²) in [4.78, 5) is 10.2. The first-order valence-electron chi connectivity index (χ1n) is 17.5. The Balaban J connectivity index is 1.19. The van der Waals surface area contributed by atoms with Gasteiger partial charge < -0.3 is 4.57 Å². The predicted octanol–water partition coefficient (Wildman–Crippen LogP) is 11.1. The molecular formula is C47H38N3OP. The van der Waals surface area contributed by atoms with Gasteiger partial charge in [-0.3, -0.25) is 9.56 Å². The van der Waals surface area contributed by atoms with Crippen LogP contribution in [0.5, 0.6) is 0 Å². The Hall–Kier alpha value is -6.09. The van der Waals surface area contributed by atoms with E-state index in [9.17, 15) is 4.57 Å². The maximum Gasteiger partial charge on any atom is 0.171 e. The van der Waals surface area contributed by atoms with E-state index in [0.29, 0.717) is 0 Å². The van der Waals surface area contributed by atoms with Crippen molar-refractivity contribution in [2.45, 2.75) is 20.8 Å². The first kappa shape index (κ1) is 33.1. The summed E-state index contributed by atoms with van der Waals surface area (Å²) < 4.78 is 17.2. The molecule has 0 saturated carbocycles. The Morgan fingerprint density at radius 3 is 1.73 bits per heavy atom. The lowest BCUT2D eigenvalue weighted by atomic mass is 10.0. The van der Waals surface area contributed by atoms with Crippen LogP contribution in [0.4, 0.5) is 11.4 Å². The number of para-hydroxylation sites is 3. The van der Waals surface area contributed by atoms with Gasteiger partial charge >= 0.3 is 0 Å². The molecule has 0 aliphatic heterocycles. The summed E-state index contributed by atoms with van der Waals surface area (Å²) in [5.74, 6) is 0.872. The fourth-order valence-corrected chi connectivity index (χ4v) is 9.77. The van der Waals surface area contributed by atoms with Crippen LogP contribution in [0.1, 0.15) is 25.0 Å². The lowest BCUT2D eigenvalue weighted by molar-refractivity contribution is 0.592. The molecule has 1 aromatic heterocycles. The van der Waals surface area contributed by atoms with Gasteiger partial charge in [0, 0.05) is 38.0 Å². The highest BCUT2D eigenvalue weighted by molar-refractivity contribution is 7.85. The van der Waals surface area contributed by atoms with Gasteiger partial charge in [0.2, 0.25) is 0 Å². The zero-order valence-electron chi connectivity index (χ0n) is 29.4. The molecule has 8 rings (SSSR count). The number of hydrogen-bond acceptors (Lipinski definition) is 3. The minimum Gasteiger partial charge on any atom is -0.309 e. The second-order valence-electron chi connectivity index (χ2n) is 13.1. The molecule has 52 heavy (non-hydrogen) atoms. The normalized spacial score (nSPS) is 12.4. The van der Waals surface area contributed by atoms with Crippen LogP contribution in [0.25, 0.3) is 32.9 Å². The molecule has 0 saturated heterocycles. The molecule has 0 radical (unpaired) electrons. The fourth-order valence-electron chi connectivity index (χ4n) is 7.12. The monoisotopic (exact) mass is 691 g/mol. The van der Waals surface area contributed by atoms with Gasteiger partial charge in [-0.05, 0) is 67.8 Å². The van der Waals surface area contributed by atoms with Crippen molar-refractivity contribution in [1.82, 2.24) is 4.57 Å². The summed E-state index contributed by atoms with van der Waals surface area (Å²) in [6, 6.07) is 59.4. The Bertz CT molecular complexity index is 2630. The maximum absolute atomic E-state index is 14.9. The minimum atomic E-state index is -3.05. The van der Waals surface area contributed by atoms with Crippen molar-refractivity contribution >= 4 is 67.8 Å². The minimum absolute atomic E-state index is 0.817. The van der Waals surface area contributed by atoms with Crippen molar-refractivity contribution in [2.24, 2.45) is 9.98 Å². The molecule has 4 nitrogen and oxygen atoms in total. The third-order valence-electron chi connectivity index (χ3n) is 9.78. The summed E-state index contributed by atoms with van der Waals surface area (Å²) in [6.45, 7) is 6.20. The van der Waals surface area contributed by atoms with E-state index in [-0.39, 0.29) is 0 Å². The molecule has 0 spiro atoms. The Morgan fingerprint density at radius 1 is 0.500 bits per heavy atom. The van der Waals surface area contributed by atoms with E-state index in [1.54, 1.807) is 0 Å². The second kappa shape index (κ2) is 13.9. The van der Waals surface area contributed by atoms with Gasteiger partial charge in [0.25, 0.3) is 0 Å². The van der Waals surface area contributed by atoms with Crippen LogP contribution >= 0.6 is 7.14 Å². The number of hydrogen-bond donors (Lipinski definition) is 0. The number of nitrogens with zero attached hydrogens (tertiary/aromatic N) is 3. The second-order valence-corrected chi connectivity index (χ2v) is 15.8. The smallest absolute Gasteiger partial charge is 0.171 e. The Kier molecular flexibility index (Phi) is 8.85. The highest BCUT2D eigenvalue weighted by Crippen LogP contribution is 2.43. The Morgan fingerprint density at radius 2 is 1.04 bits per heavy atom. The molecule has 0 aliphatic rings. The molecule has 5 heteroatoms. The van der Waals surface area contributed by atoms with Crippen LogP contribution in [-0.4, -0.2) is 16.1 Å². The van der Waals surface area contributed by atoms with Crippen LogP contribution in [-0.2, 0) is 4.57 Å². The summed E-state index contributed by atoms with van der Waals surface area (Å²) in [5.41, 5.74) is 9.24. The largest absolute Gasteiger partial charge is 0.309 e. The molecule has 0 bridgehead atoms. The van der Waals surface area contributed by atoms with Crippen molar-refractivity contribution < 1.29 is 4.57 Å². The summed E-state index contributed by atoms with van der Waals surface area (Å²) >= 11 is 0. The van der Waals surface area contributed by atoms with Crippen LogP contribution < -0.4 is 15.9 Å². The third kappa shape index (κ3) is 6.02. The predicted molar refractivity (Wildman–Crippen MR) is 222 cm³/mol. The number of aliphatic imine (C=N–C) groups is 2. The lowest BCUT2D eigenvalue weighted by Gasteiger charge is -2.20. The van der Waals surface area contributed by atoms with Crippen LogP contribution in [0.2, 0.25) is 0 Å². The molecule has 8 aromatic rings. The van der Waals surface area contributed by atoms with Gasteiger partial charge in [0.05, 0.1) is 22.4 Å². The zero-order valence-corrected chi connectivity index (χ0v) is 30.3. The average molecular weight is 692 g/mol. The summed E-state index contributed by atoms with van der Waals surface area (Å²) in [6.07, 6.45) is 0. The first-order valence-corrected chi connectivity index (χ1v) is 19.2. The molecule has 0 atom stereocenters. The molecule has 0 unspecified atom stereocenters. The van der Waals surface area contributed by atoms with Gasteiger partial charge in [-0.1, -0.05) is 146 Å². The molecule has 7 aromatic carbocycles. The zero-order chi connectivity index (χ0) is 35.7. The van der Waals surface area contributed by atoms with E-state index in [2.05, 4.69) is 91.2 Å². The van der Waals surface area contributed by atoms with Crippen molar-refractivity contribution in [2.75, 3.05) is 0 Å². The molecular weight excluding hydrogens is 654 g/mol.